The molecule has 0 aromatic carbocycles. The maximum absolute atomic E-state index is 12.4. The molecule has 1 aliphatic heterocycles. The van der Waals surface area contributed by atoms with Gasteiger partial charge < -0.3 is 29.4 Å². The van der Waals surface area contributed by atoms with Gasteiger partial charge in [0.25, 0.3) is 0 Å². The van der Waals surface area contributed by atoms with E-state index in [1.54, 1.807) is 27.9 Å². The molecule has 36 heavy (non-hydrogen) atoms. The molecule has 2 N–H and O–H groups in total. The highest BCUT2D eigenvalue weighted by Gasteiger charge is 2.27. The second-order valence-electron chi connectivity index (χ2n) is 9.98. The predicted octanol–water partition coefficient (Wildman–Crippen LogP) is 3.32. The average Bonchev–Trinajstić information content (AvgIpc) is 3.45. The smallest absolute Gasteiger partial charge is 0.410 e. The molecule has 1 aliphatic rings. The van der Waals surface area contributed by atoms with Crippen LogP contribution in [0.3, 0.4) is 0 Å². The van der Waals surface area contributed by atoms with Crippen LogP contribution in [0.15, 0.2) is 41.1 Å². The molecule has 0 bridgehead atoms. The Morgan fingerprint density at radius 1 is 1.17 bits per heavy atom. The van der Waals surface area contributed by atoms with Crippen LogP contribution in [0.1, 0.15) is 27.7 Å². The SMILES string of the molecule is C[C@H](N)COc1ccc2ncc(-c3cc4c(N5CCN(C(=O)OC(C)(C)C)CC5)nccc4o3)n2n1. The topological polar surface area (TPSA) is 124 Å². The van der Waals surface area contributed by atoms with Crippen molar-refractivity contribution >= 4 is 28.5 Å². The first-order valence-corrected chi connectivity index (χ1v) is 12.0. The maximum Gasteiger partial charge on any atom is 0.410 e. The number of nitrogens with zero attached hydrogens (tertiary/aromatic N) is 6. The first-order chi connectivity index (χ1) is 17.2. The minimum absolute atomic E-state index is 0.1000. The molecule has 11 nitrogen and oxygen atoms in total. The second-order valence-corrected chi connectivity index (χ2v) is 9.98. The Kier molecular flexibility index (Phi) is 6.17. The fourth-order valence-electron chi connectivity index (χ4n) is 4.07. The third kappa shape index (κ3) is 4.92. The first kappa shape index (κ1) is 23.9. The van der Waals surface area contributed by atoms with Crippen LogP contribution in [0.4, 0.5) is 10.6 Å². The van der Waals surface area contributed by atoms with Gasteiger partial charge in [-0.2, -0.15) is 0 Å². The Morgan fingerprint density at radius 2 is 1.94 bits per heavy atom. The number of furan rings is 1. The van der Waals surface area contributed by atoms with E-state index in [1.165, 1.54) is 0 Å². The second kappa shape index (κ2) is 9.30. The van der Waals surface area contributed by atoms with Crippen LogP contribution in [-0.4, -0.2) is 75.0 Å². The minimum Gasteiger partial charge on any atom is -0.475 e. The quantitative estimate of drug-likeness (QED) is 0.446. The lowest BCUT2D eigenvalue weighted by Crippen LogP contribution is -2.50. The lowest BCUT2D eigenvalue weighted by Gasteiger charge is -2.36. The number of carbonyl (C=O) groups is 1. The van der Waals surface area contributed by atoms with Crippen molar-refractivity contribution < 1.29 is 18.7 Å². The highest BCUT2D eigenvalue weighted by atomic mass is 16.6. The molecular formula is C25H31N7O4. The van der Waals surface area contributed by atoms with E-state index < -0.39 is 5.60 Å². The summed E-state index contributed by atoms with van der Waals surface area (Å²) in [5.74, 6) is 1.89. The van der Waals surface area contributed by atoms with Crippen LogP contribution in [0.2, 0.25) is 0 Å². The van der Waals surface area contributed by atoms with Gasteiger partial charge in [0.1, 0.15) is 29.3 Å². The fraction of sp³-hybridized carbons (Fsp3) is 0.440. The lowest BCUT2D eigenvalue weighted by atomic mass is 10.2. The van der Waals surface area contributed by atoms with Gasteiger partial charge in [-0.15, -0.1) is 5.10 Å². The molecule has 0 unspecified atom stereocenters. The number of nitrogens with two attached hydrogens (primary N) is 1. The summed E-state index contributed by atoms with van der Waals surface area (Å²) in [6.45, 7) is 10.2. The van der Waals surface area contributed by atoms with Gasteiger partial charge in [-0.05, 0) is 45.9 Å². The number of anilines is 1. The maximum atomic E-state index is 12.4. The van der Waals surface area contributed by atoms with Crippen LogP contribution in [0.25, 0.3) is 28.1 Å². The van der Waals surface area contributed by atoms with Crippen molar-refractivity contribution in [3.8, 4) is 17.3 Å². The summed E-state index contributed by atoms with van der Waals surface area (Å²) >= 11 is 0. The van der Waals surface area contributed by atoms with Gasteiger partial charge in [0.15, 0.2) is 11.4 Å². The van der Waals surface area contributed by atoms with E-state index in [0.29, 0.717) is 61.4 Å². The number of fused-ring (bicyclic) bond motifs is 2. The van der Waals surface area contributed by atoms with E-state index in [2.05, 4.69) is 20.0 Å². The molecule has 1 fully saturated rings. The summed E-state index contributed by atoms with van der Waals surface area (Å²) in [7, 11) is 0. The average molecular weight is 494 g/mol. The van der Waals surface area contributed by atoms with Gasteiger partial charge in [0, 0.05) is 44.5 Å². The first-order valence-electron chi connectivity index (χ1n) is 12.0. The molecule has 11 heteroatoms. The van der Waals surface area contributed by atoms with Crippen LogP contribution in [-0.2, 0) is 4.74 Å². The largest absolute Gasteiger partial charge is 0.475 e. The normalized spacial score (nSPS) is 15.5. The Balaban J connectivity index is 1.39. The Labute approximate surface area is 208 Å². The molecule has 0 radical (unpaired) electrons. The van der Waals surface area contributed by atoms with E-state index in [-0.39, 0.29) is 12.1 Å². The lowest BCUT2D eigenvalue weighted by molar-refractivity contribution is 0.0240. The molecule has 1 atom stereocenters. The van der Waals surface area contributed by atoms with E-state index in [4.69, 9.17) is 19.6 Å². The van der Waals surface area contributed by atoms with Crippen molar-refractivity contribution in [1.82, 2.24) is 24.5 Å². The molecule has 0 aliphatic carbocycles. The number of ether oxygens (including phenoxy) is 2. The monoisotopic (exact) mass is 493 g/mol. The van der Waals surface area contributed by atoms with Gasteiger partial charge in [-0.1, -0.05) is 0 Å². The summed E-state index contributed by atoms with van der Waals surface area (Å²) in [4.78, 5) is 25.4. The summed E-state index contributed by atoms with van der Waals surface area (Å²) in [5, 5.41) is 5.44. The van der Waals surface area contributed by atoms with Crippen molar-refractivity contribution in [2.24, 2.45) is 5.73 Å². The van der Waals surface area contributed by atoms with Crippen LogP contribution < -0.4 is 15.4 Å². The van der Waals surface area contributed by atoms with Crippen molar-refractivity contribution in [1.29, 1.82) is 0 Å². The summed E-state index contributed by atoms with van der Waals surface area (Å²) in [5.41, 5.74) is 7.37. The van der Waals surface area contributed by atoms with E-state index >= 15 is 0 Å². The van der Waals surface area contributed by atoms with E-state index in [1.807, 2.05) is 45.9 Å². The van der Waals surface area contributed by atoms with Crippen molar-refractivity contribution in [3.63, 3.8) is 0 Å². The molecule has 4 aromatic rings. The zero-order valence-corrected chi connectivity index (χ0v) is 21.0. The van der Waals surface area contributed by atoms with Gasteiger partial charge >= 0.3 is 6.09 Å². The zero-order valence-electron chi connectivity index (χ0n) is 21.0. The summed E-state index contributed by atoms with van der Waals surface area (Å²) < 4.78 is 19.1. The molecule has 5 heterocycles. The Hall–Kier alpha value is -3.86. The number of aromatic nitrogens is 4. The standard InChI is InChI=1S/C25H31N7O4/c1-16(26)15-34-22-6-5-21-28-14-18(32(21)29-22)20-13-17-19(35-20)7-8-27-23(17)30-9-11-31(12-10-30)24(33)36-25(2,3)4/h5-8,13-14,16H,9-12,15,26H2,1-4H3/t16-/m0/s1. The number of rotatable bonds is 5. The Morgan fingerprint density at radius 3 is 2.67 bits per heavy atom. The molecule has 1 saturated heterocycles. The summed E-state index contributed by atoms with van der Waals surface area (Å²) in [6.07, 6.45) is 3.17. The highest BCUT2D eigenvalue weighted by Crippen LogP contribution is 2.33. The number of hydrogen-bond donors (Lipinski definition) is 1. The molecule has 1 amide bonds. The van der Waals surface area contributed by atoms with Gasteiger partial charge in [0.2, 0.25) is 5.88 Å². The van der Waals surface area contributed by atoms with Gasteiger partial charge in [-0.25, -0.2) is 19.3 Å². The van der Waals surface area contributed by atoms with E-state index in [9.17, 15) is 4.79 Å². The van der Waals surface area contributed by atoms with E-state index in [0.717, 1.165) is 11.2 Å². The van der Waals surface area contributed by atoms with Crippen molar-refractivity contribution in [2.45, 2.75) is 39.3 Å². The van der Waals surface area contributed by atoms with Crippen LogP contribution >= 0.6 is 0 Å². The Bertz CT molecular complexity index is 1380. The minimum atomic E-state index is -0.517. The number of amides is 1. The molecule has 4 aromatic heterocycles. The number of pyridine rings is 1. The van der Waals surface area contributed by atoms with Crippen LogP contribution in [0, 0.1) is 0 Å². The number of carbonyl (C=O) groups excluding carboxylic acids is 1. The highest BCUT2D eigenvalue weighted by molar-refractivity contribution is 5.92. The van der Waals surface area contributed by atoms with Crippen LogP contribution in [0.5, 0.6) is 5.88 Å². The number of hydrogen-bond acceptors (Lipinski definition) is 9. The van der Waals surface area contributed by atoms with Gasteiger partial charge in [0.05, 0.1) is 11.6 Å². The number of imidazole rings is 1. The third-order valence-corrected chi connectivity index (χ3v) is 5.74. The summed E-state index contributed by atoms with van der Waals surface area (Å²) in [6, 6.07) is 7.31. The molecule has 190 valence electrons. The molecular weight excluding hydrogens is 462 g/mol. The van der Waals surface area contributed by atoms with Crippen molar-refractivity contribution in [2.75, 3.05) is 37.7 Å². The molecule has 5 rings (SSSR count). The molecule has 0 saturated carbocycles. The van der Waals surface area contributed by atoms with Gasteiger partial charge in [-0.3, -0.25) is 0 Å². The number of piperazine rings is 1. The fourth-order valence-corrected chi connectivity index (χ4v) is 4.07. The zero-order chi connectivity index (χ0) is 25.4. The third-order valence-electron chi connectivity index (χ3n) is 5.74. The molecule has 0 spiro atoms. The predicted molar refractivity (Wildman–Crippen MR) is 135 cm³/mol. The van der Waals surface area contributed by atoms with Crippen molar-refractivity contribution in [3.05, 3.63) is 36.7 Å².